The number of amides is 6. The SMILES string of the molecule is CC(C)C[C@H](NC(=O)CNC(=O)[C@H](Cc1ccccc1)NC(=O)[C@H](Cc1ccccc1)NC(=O)[C@@H](N)CCCN)C(=O)N[C@@H](CCCCN)C(N)=O. The highest BCUT2D eigenvalue weighted by Crippen LogP contribution is 2.09. The second-order valence-electron chi connectivity index (χ2n) is 13.3. The molecule has 0 saturated carbocycles. The van der Waals surface area contributed by atoms with Crippen molar-refractivity contribution in [3.8, 4) is 0 Å². The summed E-state index contributed by atoms with van der Waals surface area (Å²) < 4.78 is 0. The fraction of sp³-hybridized carbons (Fsp3) is 0.514. The van der Waals surface area contributed by atoms with Crippen LogP contribution in [-0.4, -0.2) is 85.3 Å². The van der Waals surface area contributed by atoms with Gasteiger partial charge in [0.25, 0.3) is 0 Å². The van der Waals surface area contributed by atoms with E-state index in [1.807, 2.05) is 50.2 Å². The van der Waals surface area contributed by atoms with Crippen molar-refractivity contribution in [2.24, 2.45) is 28.9 Å². The van der Waals surface area contributed by atoms with Gasteiger partial charge in [-0.15, -0.1) is 0 Å². The van der Waals surface area contributed by atoms with Gasteiger partial charge in [0.1, 0.15) is 24.2 Å². The van der Waals surface area contributed by atoms with Gasteiger partial charge in [-0.25, -0.2) is 0 Å². The Morgan fingerprint density at radius 2 is 1.10 bits per heavy atom. The summed E-state index contributed by atoms with van der Waals surface area (Å²) in [5.74, 6) is -3.73. The Morgan fingerprint density at radius 3 is 1.62 bits per heavy atom. The van der Waals surface area contributed by atoms with Crippen molar-refractivity contribution in [1.29, 1.82) is 0 Å². The van der Waals surface area contributed by atoms with Gasteiger partial charge >= 0.3 is 0 Å². The zero-order valence-corrected chi connectivity index (χ0v) is 30.3. The first kappa shape index (κ1) is 43.3. The van der Waals surface area contributed by atoms with E-state index in [1.54, 1.807) is 24.3 Å². The molecule has 2 aromatic carbocycles. The van der Waals surface area contributed by atoms with Crippen molar-refractivity contribution in [2.75, 3.05) is 19.6 Å². The predicted octanol–water partition coefficient (Wildman–Crippen LogP) is -0.746. The Labute approximate surface area is 306 Å². The summed E-state index contributed by atoms with van der Waals surface area (Å²) >= 11 is 0. The molecule has 0 aliphatic heterocycles. The van der Waals surface area contributed by atoms with Crippen LogP contribution in [0.1, 0.15) is 63.5 Å². The third-order valence-electron chi connectivity index (χ3n) is 8.28. The summed E-state index contributed by atoms with van der Waals surface area (Å²) in [6.45, 7) is 4.04. The van der Waals surface area contributed by atoms with E-state index in [-0.39, 0.29) is 25.2 Å². The average molecular weight is 724 g/mol. The Kier molecular flexibility index (Phi) is 19.6. The van der Waals surface area contributed by atoms with Crippen LogP contribution >= 0.6 is 0 Å². The van der Waals surface area contributed by atoms with Gasteiger partial charge in [-0.1, -0.05) is 74.5 Å². The molecule has 2 rings (SSSR count). The molecule has 52 heavy (non-hydrogen) atoms. The van der Waals surface area contributed by atoms with Gasteiger partial charge in [-0.2, -0.15) is 0 Å². The molecular weight excluding hydrogens is 666 g/mol. The Morgan fingerprint density at radius 1 is 0.596 bits per heavy atom. The van der Waals surface area contributed by atoms with Crippen molar-refractivity contribution >= 4 is 35.4 Å². The zero-order valence-electron chi connectivity index (χ0n) is 30.3. The highest BCUT2D eigenvalue weighted by molar-refractivity contribution is 5.95. The molecule has 6 amide bonds. The number of nitrogens with one attached hydrogen (secondary N) is 5. The first-order valence-electron chi connectivity index (χ1n) is 17.9. The molecule has 0 aromatic heterocycles. The van der Waals surface area contributed by atoms with Crippen LogP contribution < -0.4 is 49.5 Å². The number of benzene rings is 2. The van der Waals surface area contributed by atoms with Crippen molar-refractivity contribution in [3.63, 3.8) is 0 Å². The van der Waals surface area contributed by atoms with Gasteiger partial charge in [-0.05, 0) is 68.7 Å². The van der Waals surface area contributed by atoms with Crippen LogP contribution in [0.2, 0.25) is 0 Å². The van der Waals surface area contributed by atoms with Gasteiger partial charge in [-0.3, -0.25) is 28.8 Å². The molecule has 0 bridgehead atoms. The molecule has 0 saturated heterocycles. The number of carbonyl (C=O) groups excluding carboxylic acids is 6. The van der Waals surface area contributed by atoms with Crippen LogP contribution in [0, 0.1) is 5.92 Å². The lowest BCUT2D eigenvalue weighted by Gasteiger charge is -2.25. The molecule has 0 aliphatic carbocycles. The van der Waals surface area contributed by atoms with Crippen LogP contribution in [0.25, 0.3) is 0 Å². The van der Waals surface area contributed by atoms with Crippen LogP contribution in [0.3, 0.4) is 0 Å². The van der Waals surface area contributed by atoms with E-state index in [0.717, 1.165) is 11.1 Å². The second kappa shape index (κ2) is 23.6. The number of carbonyl (C=O) groups is 6. The fourth-order valence-electron chi connectivity index (χ4n) is 5.43. The maximum Gasteiger partial charge on any atom is 0.243 e. The number of rotatable bonds is 24. The predicted molar refractivity (Wildman–Crippen MR) is 199 cm³/mol. The summed E-state index contributed by atoms with van der Waals surface area (Å²) in [5, 5.41) is 13.3. The maximum absolute atomic E-state index is 13.8. The lowest BCUT2D eigenvalue weighted by atomic mass is 10.0. The summed E-state index contributed by atoms with van der Waals surface area (Å²) in [6, 6.07) is 13.1. The first-order chi connectivity index (χ1) is 24.8. The van der Waals surface area contributed by atoms with Crippen LogP contribution in [-0.2, 0) is 41.6 Å². The molecule has 2 aromatic rings. The summed E-state index contributed by atoms with van der Waals surface area (Å²) in [6.07, 6.45) is 2.89. The minimum Gasteiger partial charge on any atom is -0.368 e. The third-order valence-corrected chi connectivity index (χ3v) is 8.28. The molecule has 0 radical (unpaired) electrons. The zero-order chi connectivity index (χ0) is 38.5. The molecule has 15 heteroatoms. The van der Waals surface area contributed by atoms with Crippen LogP contribution in [0.15, 0.2) is 60.7 Å². The number of unbranched alkanes of at least 4 members (excludes halogenated alkanes) is 1. The minimum absolute atomic E-state index is 0.0000844. The highest BCUT2D eigenvalue weighted by atomic mass is 16.2. The Bertz CT molecular complexity index is 1430. The minimum atomic E-state index is -1.14. The number of primary amides is 1. The fourth-order valence-corrected chi connectivity index (χ4v) is 5.43. The largest absolute Gasteiger partial charge is 0.368 e. The van der Waals surface area contributed by atoms with E-state index in [9.17, 15) is 28.8 Å². The summed E-state index contributed by atoms with van der Waals surface area (Å²) in [7, 11) is 0. The van der Waals surface area contributed by atoms with Gasteiger partial charge < -0.3 is 49.5 Å². The molecule has 15 nitrogen and oxygen atoms in total. The molecular formula is C37H57N9O6. The van der Waals surface area contributed by atoms with E-state index < -0.39 is 72.2 Å². The second-order valence-corrected chi connectivity index (χ2v) is 13.3. The molecule has 5 atom stereocenters. The molecule has 0 unspecified atom stereocenters. The quantitative estimate of drug-likeness (QED) is 0.0616. The maximum atomic E-state index is 13.8. The standard InChI is InChI=1S/C37H57N9O6/c1-24(2)20-29(36(51)44-28(33(41)48)17-9-10-18-38)43-32(47)23-42-35(50)30(21-25-12-5-3-6-13-25)46-37(52)31(22-26-14-7-4-8-15-26)45-34(49)27(40)16-11-19-39/h3-8,12-15,24,27-31H,9-11,16-23,38-40H2,1-2H3,(H2,41,48)(H,42,50)(H,43,47)(H,44,51)(H,45,49)(H,46,52)/t27-,28-,29-,30-,31-/m0/s1. The smallest absolute Gasteiger partial charge is 0.243 e. The van der Waals surface area contributed by atoms with E-state index in [1.165, 1.54) is 0 Å². The molecule has 0 aliphatic rings. The van der Waals surface area contributed by atoms with Crippen molar-refractivity contribution < 1.29 is 28.8 Å². The van der Waals surface area contributed by atoms with Gasteiger partial charge in [0.2, 0.25) is 35.4 Å². The lowest BCUT2D eigenvalue weighted by Crippen LogP contribution is -2.58. The van der Waals surface area contributed by atoms with E-state index in [0.29, 0.717) is 45.2 Å². The number of hydrogen-bond donors (Lipinski definition) is 9. The average Bonchev–Trinajstić information content (AvgIpc) is 3.12. The Hall–Kier alpha value is -4.86. The van der Waals surface area contributed by atoms with Crippen LogP contribution in [0.4, 0.5) is 0 Å². The van der Waals surface area contributed by atoms with Crippen molar-refractivity contribution in [3.05, 3.63) is 71.8 Å². The molecule has 286 valence electrons. The van der Waals surface area contributed by atoms with E-state index >= 15 is 0 Å². The number of hydrogen-bond acceptors (Lipinski definition) is 9. The highest BCUT2D eigenvalue weighted by Gasteiger charge is 2.30. The van der Waals surface area contributed by atoms with Crippen molar-refractivity contribution in [2.45, 2.75) is 95.4 Å². The van der Waals surface area contributed by atoms with Gasteiger partial charge in [0.15, 0.2) is 0 Å². The normalized spacial score (nSPS) is 13.9. The Balaban J connectivity index is 2.20. The third kappa shape index (κ3) is 16.4. The molecule has 0 spiro atoms. The van der Waals surface area contributed by atoms with Gasteiger partial charge in [0, 0.05) is 12.8 Å². The van der Waals surface area contributed by atoms with Crippen molar-refractivity contribution in [1.82, 2.24) is 26.6 Å². The van der Waals surface area contributed by atoms with E-state index in [2.05, 4.69) is 26.6 Å². The lowest BCUT2D eigenvalue weighted by molar-refractivity contribution is -0.133. The van der Waals surface area contributed by atoms with Gasteiger partial charge in [0.05, 0.1) is 12.6 Å². The monoisotopic (exact) mass is 723 g/mol. The first-order valence-corrected chi connectivity index (χ1v) is 17.9. The number of nitrogens with two attached hydrogens (primary N) is 4. The molecule has 0 fully saturated rings. The summed E-state index contributed by atoms with van der Waals surface area (Å²) in [4.78, 5) is 78.6. The molecule has 13 N–H and O–H groups in total. The van der Waals surface area contributed by atoms with Crippen LogP contribution in [0.5, 0.6) is 0 Å². The molecule has 0 heterocycles. The topological polar surface area (TPSA) is 267 Å². The summed E-state index contributed by atoms with van der Waals surface area (Å²) in [5.41, 5.74) is 24.2. The van der Waals surface area contributed by atoms with E-state index in [4.69, 9.17) is 22.9 Å².